The van der Waals surface area contributed by atoms with Crippen LogP contribution in [0.2, 0.25) is 0 Å². The molecule has 0 unspecified atom stereocenters. The molecule has 1 aromatic carbocycles. The Bertz CT molecular complexity index is 485. The number of benzene rings is 1. The SMILES string of the molecule is CCNc1cccc(OCCCc2ccccc2)n1. The number of anilines is 1. The molecule has 0 radical (unpaired) electrons. The van der Waals surface area contributed by atoms with E-state index in [1.165, 1.54) is 5.56 Å². The minimum Gasteiger partial charge on any atom is -0.478 e. The number of aromatic nitrogens is 1. The standard InChI is InChI=1S/C16H20N2O/c1-2-17-15-11-6-12-16(18-15)19-13-7-10-14-8-4-3-5-9-14/h3-6,8-9,11-12H,2,7,10,13H2,1H3,(H,17,18). The minimum absolute atomic E-state index is 0.687. The van der Waals surface area contributed by atoms with Gasteiger partial charge in [0.1, 0.15) is 5.82 Å². The number of hydrogen-bond acceptors (Lipinski definition) is 3. The van der Waals surface area contributed by atoms with E-state index in [0.717, 1.165) is 25.2 Å². The number of nitrogens with one attached hydrogen (secondary N) is 1. The van der Waals surface area contributed by atoms with E-state index < -0.39 is 0 Å². The second-order valence-corrected chi connectivity index (χ2v) is 4.33. The maximum absolute atomic E-state index is 5.66. The highest BCUT2D eigenvalue weighted by Crippen LogP contribution is 2.12. The average Bonchev–Trinajstić information content (AvgIpc) is 2.46. The van der Waals surface area contributed by atoms with Gasteiger partial charge in [-0.3, -0.25) is 0 Å². The first-order valence-electron chi connectivity index (χ1n) is 6.76. The van der Waals surface area contributed by atoms with Crippen molar-refractivity contribution < 1.29 is 4.74 Å². The van der Waals surface area contributed by atoms with Crippen LogP contribution in [0.3, 0.4) is 0 Å². The highest BCUT2D eigenvalue weighted by molar-refractivity contribution is 5.36. The van der Waals surface area contributed by atoms with E-state index >= 15 is 0 Å². The first-order chi connectivity index (χ1) is 9.38. The smallest absolute Gasteiger partial charge is 0.215 e. The lowest BCUT2D eigenvalue weighted by Crippen LogP contribution is -2.03. The zero-order chi connectivity index (χ0) is 13.3. The topological polar surface area (TPSA) is 34.1 Å². The van der Waals surface area contributed by atoms with E-state index in [4.69, 9.17) is 4.74 Å². The molecule has 19 heavy (non-hydrogen) atoms. The molecular formula is C16H20N2O. The fourth-order valence-electron chi connectivity index (χ4n) is 1.87. The maximum atomic E-state index is 5.66. The molecule has 0 aliphatic heterocycles. The lowest BCUT2D eigenvalue weighted by molar-refractivity contribution is 0.299. The van der Waals surface area contributed by atoms with E-state index in [0.29, 0.717) is 12.5 Å². The second kappa shape index (κ2) is 7.41. The van der Waals surface area contributed by atoms with Crippen LogP contribution in [0.1, 0.15) is 18.9 Å². The molecule has 0 atom stereocenters. The molecule has 1 heterocycles. The first kappa shape index (κ1) is 13.4. The maximum Gasteiger partial charge on any atom is 0.215 e. The van der Waals surface area contributed by atoms with Gasteiger partial charge in [-0.2, -0.15) is 4.98 Å². The van der Waals surface area contributed by atoms with Gasteiger partial charge in [0.2, 0.25) is 5.88 Å². The Balaban J connectivity index is 1.75. The monoisotopic (exact) mass is 256 g/mol. The van der Waals surface area contributed by atoms with E-state index in [9.17, 15) is 0 Å². The van der Waals surface area contributed by atoms with Gasteiger partial charge >= 0.3 is 0 Å². The third-order valence-corrected chi connectivity index (χ3v) is 2.78. The van der Waals surface area contributed by atoms with E-state index in [1.807, 2.05) is 24.3 Å². The summed E-state index contributed by atoms with van der Waals surface area (Å²) in [5.74, 6) is 1.55. The minimum atomic E-state index is 0.687. The molecule has 2 rings (SSSR count). The van der Waals surface area contributed by atoms with Gasteiger partial charge in [0.25, 0.3) is 0 Å². The number of nitrogens with zero attached hydrogens (tertiary/aromatic N) is 1. The Labute approximate surface area is 114 Å². The molecule has 0 fully saturated rings. The number of hydrogen-bond donors (Lipinski definition) is 1. The highest BCUT2D eigenvalue weighted by Gasteiger charge is 1.98. The van der Waals surface area contributed by atoms with Crippen LogP contribution < -0.4 is 10.1 Å². The van der Waals surface area contributed by atoms with Gasteiger partial charge in [0.05, 0.1) is 6.61 Å². The molecule has 0 saturated heterocycles. The van der Waals surface area contributed by atoms with Crippen molar-refractivity contribution in [2.75, 3.05) is 18.5 Å². The van der Waals surface area contributed by atoms with Crippen LogP contribution in [0.25, 0.3) is 0 Å². The first-order valence-corrected chi connectivity index (χ1v) is 6.76. The fourth-order valence-corrected chi connectivity index (χ4v) is 1.87. The van der Waals surface area contributed by atoms with Crippen molar-refractivity contribution in [1.29, 1.82) is 0 Å². The van der Waals surface area contributed by atoms with Crippen molar-refractivity contribution in [3.05, 3.63) is 54.1 Å². The molecule has 0 amide bonds. The molecule has 1 N–H and O–H groups in total. The van der Waals surface area contributed by atoms with Gasteiger partial charge in [-0.1, -0.05) is 36.4 Å². The third-order valence-electron chi connectivity index (χ3n) is 2.78. The molecule has 0 saturated carbocycles. The number of ether oxygens (including phenoxy) is 1. The Morgan fingerprint density at radius 2 is 1.89 bits per heavy atom. The van der Waals surface area contributed by atoms with Gasteiger partial charge in [0.15, 0.2) is 0 Å². The van der Waals surface area contributed by atoms with E-state index in [-0.39, 0.29) is 0 Å². The van der Waals surface area contributed by atoms with Gasteiger partial charge < -0.3 is 10.1 Å². The quantitative estimate of drug-likeness (QED) is 0.770. The van der Waals surface area contributed by atoms with Crippen LogP contribution in [0.4, 0.5) is 5.82 Å². The summed E-state index contributed by atoms with van der Waals surface area (Å²) in [6, 6.07) is 16.3. The Morgan fingerprint density at radius 3 is 2.68 bits per heavy atom. The summed E-state index contributed by atoms with van der Waals surface area (Å²) in [5.41, 5.74) is 1.35. The van der Waals surface area contributed by atoms with Crippen LogP contribution in [0.15, 0.2) is 48.5 Å². The molecule has 3 nitrogen and oxygen atoms in total. The summed E-state index contributed by atoms with van der Waals surface area (Å²) in [5, 5.41) is 3.17. The highest BCUT2D eigenvalue weighted by atomic mass is 16.5. The fraction of sp³-hybridized carbons (Fsp3) is 0.312. The van der Waals surface area contributed by atoms with E-state index in [1.54, 1.807) is 0 Å². The van der Waals surface area contributed by atoms with Gasteiger partial charge in [-0.25, -0.2) is 0 Å². The van der Waals surface area contributed by atoms with Crippen LogP contribution in [0, 0.1) is 0 Å². The summed E-state index contributed by atoms with van der Waals surface area (Å²) in [6.45, 7) is 3.61. The van der Waals surface area contributed by atoms with Crippen LogP contribution in [-0.2, 0) is 6.42 Å². The molecule has 0 bridgehead atoms. The van der Waals surface area contributed by atoms with Crippen molar-refractivity contribution in [1.82, 2.24) is 4.98 Å². The zero-order valence-corrected chi connectivity index (χ0v) is 11.3. The lowest BCUT2D eigenvalue weighted by atomic mass is 10.1. The summed E-state index contributed by atoms with van der Waals surface area (Å²) >= 11 is 0. The van der Waals surface area contributed by atoms with Gasteiger partial charge in [-0.15, -0.1) is 0 Å². The largest absolute Gasteiger partial charge is 0.478 e. The average molecular weight is 256 g/mol. The lowest BCUT2D eigenvalue weighted by Gasteiger charge is -2.07. The Kier molecular flexibility index (Phi) is 5.23. The summed E-state index contributed by atoms with van der Waals surface area (Å²) in [7, 11) is 0. The summed E-state index contributed by atoms with van der Waals surface area (Å²) in [4.78, 5) is 4.37. The predicted octanol–water partition coefficient (Wildman–Crippen LogP) is 3.53. The van der Waals surface area contributed by atoms with E-state index in [2.05, 4.69) is 41.5 Å². The molecule has 3 heteroatoms. The Morgan fingerprint density at radius 1 is 1.05 bits per heavy atom. The predicted molar refractivity (Wildman–Crippen MR) is 78.7 cm³/mol. The van der Waals surface area contributed by atoms with Crippen molar-refractivity contribution in [2.24, 2.45) is 0 Å². The Hall–Kier alpha value is -2.03. The van der Waals surface area contributed by atoms with Crippen LogP contribution >= 0.6 is 0 Å². The van der Waals surface area contributed by atoms with Crippen LogP contribution in [0.5, 0.6) is 5.88 Å². The number of aryl methyl sites for hydroxylation is 1. The molecular weight excluding hydrogens is 236 g/mol. The summed E-state index contributed by atoms with van der Waals surface area (Å²) < 4.78 is 5.66. The molecule has 0 aliphatic carbocycles. The molecule has 0 aliphatic rings. The van der Waals surface area contributed by atoms with Crippen molar-refractivity contribution in [3.8, 4) is 5.88 Å². The van der Waals surface area contributed by atoms with Crippen molar-refractivity contribution in [2.45, 2.75) is 19.8 Å². The molecule has 0 spiro atoms. The second-order valence-electron chi connectivity index (χ2n) is 4.33. The number of pyridine rings is 1. The van der Waals surface area contributed by atoms with Gasteiger partial charge in [-0.05, 0) is 31.4 Å². The molecule has 2 aromatic rings. The molecule has 100 valence electrons. The zero-order valence-electron chi connectivity index (χ0n) is 11.3. The van der Waals surface area contributed by atoms with Gasteiger partial charge in [0, 0.05) is 12.6 Å². The van der Waals surface area contributed by atoms with Crippen molar-refractivity contribution >= 4 is 5.82 Å². The normalized spacial score (nSPS) is 10.2. The van der Waals surface area contributed by atoms with Crippen molar-refractivity contribution in [3.63, 3.8) is 0 Å². The number of rotatable bonds is 7. The third kappa shape index (κ3) is 4.62. The van der Waals surface area contributed by atoms with Crippen LogP contribution in [-0.4, -0.2) is 18.1 Å². The molecule has 1 aromatic heterocycles. The summed E-state index contributed by atoms with van der Waals surface area (Å²) in [6.07, 6.45) is 2.03.